The van der Waals surface area contributed by atoms with Gasteiger partial charge in [-0.05, 0) is 31.6 Å². The van der Waals surface area contributed by atoms with Gasteiger partial charge in [-0.2, -0.15) is 4.99 Å². The Morgan fingerprint density at radius 2 is 1.94 bits per heavy atom. The molecule has 16 heavy (non-hydrogen) atoms. The van der Waals surface area contributed by atoms with Crippen molar-refractivity contribution in [2.45, 2.75) is 45.6 Å². The molecule has 1 fully saturated rings. The molecule has 0 saturated heterocycles. The van der Waals surface area contributed by atoms with E-state index in [9.17, 15) is 9.59 Å². The quantitative estimate of drug-likeness (QED) is 0.543. The van der Waals surface area contributed by atoms with Crippen LogP contribution in [0.3, 0.4) is 0 Å². The fraction of sp³-hybridized carbons (Fsp3) is 0.833. The van der Waals surface area contributed by atoms with E-state index in [4.69, 9.17) is 0 Å². The SMILES string of the molecule is CC1(C)CCC(CN=C=O)C(C)(N=C=O)C1. The van der Waals surface area contributed by atoms with Crippen molar-refractivity contribution in [2.75, 3.05) is 6.54 Å². The molecule has 2 atom stereocenters. The van der Waals surface area contributed by atoms with Gasteiger partial charge in [0.05, 0.1) is 12.1 Å². The number of carbonyl (C=O) groups excluding carboxylic acids is 2. The fourth-order valence-corrected chi connectivity index (χ4v) is 2.75. The van der Waals surface area contributed by atoms with E-state index in [-0.39, 0.29) is 11.3 Å². The average Bonchev–Trinajstić information content (AvgIpc) is 2.15. The molecule has 0 spiro atoms. The predicted molar refractivity (Wildman–Crippen MR) is 60.6 cm³/mol. The van der Waals surface area contributed by atoms with Gasteiger partial charge < -0.3 is 0 Å². The van der Waals surface area contributed by atoms with Crippen LogP contribution in [0, 0.1) is 11.3 Å². The molecule has 0 radical (unpaired) electrons. The van der Waals surface area contributed by atoms with E-state index in [1.54, 1.807) is 12.2 Å². The lowest BCUT2D eigenvalue weighted by atomic mass is 9.64. The lowest BCUT2D eigenvalue weighted by Crippen LogP contribution is -2.43. The Kier molecular flexibility index (Phi) is 3.79. The third-order valence-corrected chi connectivity index (χ3v) is 3.56. The largest absolute Gasteiger partial charge is 0.235 e. The van der Waals surface area contributed by atoms with Crippen LogP contribution in [-0.2, 0) is 9.59 Å². The van der Waals surface area contributed by atoms with E-state index in [0.717, 1.165) is 19.3 Å². The van der Waals surface area contributed by atoms with Crippen LogP contribution in [0.5, 0.6) is 0 Å². The van der Waals surface area contributed by atoms with Crippen LogP contribution < -0.4 is 0 Å². The summed E-state index contributed by atoms with van der Waals surface area (Å²) in [6.45, 7) is 6.70. The number of hydrogen-bond acceptors (Lipinski definition) is 4. The third kappa shape index (κ3) is 2.88. The second kappa shape index (κ2) is 4.73. The second-order valence-corrected chi connectivity index (χ2v) is 5.57. The Bertz CT molecular complexity index is 352. The summed E-state index contributed by atoms with van der Waals surface area (Å²) in [6.07, 6.45) is 6.03. The van der Waals surface area contributed by atoms with E-state index in [1.807, 2.05) is 6.92 Å². The first-order valence-corrected chi connectivity index (χ1v) is 5.56. The van der Waals surface area contributed by atoms with Gasteiger partial charge in [0.1, 0.15) is 0 Å². The molecule has 0 aliphatic heterocycles. The summed E-state index contributed by atoms with van der Waals surface area (Å²) in [6, 6.07) is 0. The molecule has 1 aliphatic rings. The molecular formula is C12H18N2O2. The Hall–Kier alpha value is -1.24. The molecule has 0 aromatic heterocycles. The number of nitrogens with zero attached hydrogens (tertiary/aromatic N) is 2. The summed E-state index contributed by atoms with van der Waals surface area (Å²) in [7, 11) is 0. The molecule has 0 bridgehead atoms. The molecule has 4 nitrogen and oxygen atoms in total. The van der Waals surface area contributed by atoms with E-state index >= 15 is 0 Å². The Morgan fingerprint density at radius 3 is 2.50 bits per heavy atom. The molecule has 1 aliphatic carbocycles. The van der Waals surface area contributed by atoms with Crippen LogP contribution in [0.1, 0.15) is 40.0 Å². The molecule has 0 amide bonds. The van der Waals surface area contributed by atoms with Crippen LogP contribution in [0.15, 0.2) is 9.98 Å². The molecule has 0 aromatic carbocycles. The van der Waals surface area contributed by atoms with Gasteiger partial charge in [-0.15, -0.1) is 0 Å². The maximum atomic E-state index is 10.5. The van der Waals surface area contributed by atoms with Gasteiger partial charge in [0, 0.05) is 5.92 Å². The minimum Gasteiger partial charge on any atom is -0.211 e. The first kappa shape index (κ1) is 12.8. The van der Waals surface area contributed by atoms with Crippen LogP contribution in [0.4, 0.5) is 0 Å². The lowest BCUT2D eigenvalue weighted by molar-refractivity contribution is 0.107. The molecule has 0 N–H and O–H groups in total. The van der Waals surface area contributed by atoms with E-state index < -0.39 is 5.54 Å². The molecule has 2 unspecified atom stereocenters. The van der Waals surface area contributed by atoms with Gasteiger partial charge >= 0.3 is 0 Å². The van der Waals surface area contributed by atoms with Crippen molar-refractivity contribution in [3.05, 3.63) is 0 Å². The first-order valence-electron chi connectivity index (χ1n) is 5.56. The van der Waals surface area contributed by atoms with Gasteiger partial charge in [-0.25, -0.2) is 14.6 Å². The topological polar surface area (TPSA) is 58.9 Å². The van der Waals surface area contributed by atoms with Crippen LogP contribution >= 0.6 is 0 Å². The van der Waals surface area contributed by atoms with Crippen LogP contribution in [0.25, 0.3) is 0 Å². The van der Waals surface area contributed by atoms with Gasteiger partial charge in [-0.1, -0.05) is 13.8 Å². The molecule has 1 saturated carbocycles. The normalized spacial score (nSPS) is 32.3. The first-order chi connectivity index (χ1) is 7.43. The fourth-order valence-electron chi connectivity index (χ4n) is 2.75. The maximum Gasteiger partial charge on any atom is 0.235 e. The summed E-state index contributed by atoms with van der Waals surface area (Å²) in [5, 5.41) is 0. The van der Waals surface area contributed by atoms with Gasteiger partial charge in [0.15, 0.2) is 0 Å². The van der Waals surface area contributed by atoms with Crippen molar-refractivity contribution in [1.29, 1.82) is 0 Å². The van der Waals surface area contributed by atoms with Crippen molar-refractivity contribution in [1.82, 2.24) is 0 Å². The van der Waals surface area contributed by atoms with Crippen molar-refractivity contribution in [2.24, 2.45) is 21.3 Å². The Labute approximate surface area is 95.9 Å². The highest BCUT2D eigenvalue weighted by Gasteiger charge is 2.43. The Balaban J connectivity index is 2.91. The number of hydrogen-bond donors (Lipinski definition) is 0. The zero-order valence-corrected chi connectivity index (χ0v) is 10.1. The summed E-state index contributed by atoms with van der Waals surface area (Å²) >= 11 is 0. The van der Waals surface area contributed by atoms with E-state index in [0.29, 0.717) is 6.54 Å². The number of aliphatic imine (C=N–C) groups is 2. The number of rotatable bonds is 3. The standard InChI is InChI=1S/C12H18N2O2/c1-11(2)5-4-10(6-13-8-15)12(3,7-11)14-9-16/h10H,4-7H2,1-3H3. The summed E-state index contributed by atoms with van der Waals surface area (Å²) in [4.78, 5) is 28.2. The summed E-state index contributed by atoms with van der Waals surface area (Å²) in [5.41, 5.74) is -0.264. The minimum atomic E-state index is -0.441. The minimum absolute atomic E-state index is 0.142. The predicted octanol–water partition coefficient (Wildman–Crippen LogP) is 2.24. The highest BCUT2D eigenvalue weighted by molar-refractivity contribution is 5.36. The summed E-state index contributed by atoms with van der Waals surface area (Å²) in [5.74, 6) is 0.142. The van der Waals surface area contributed by atoms with E-state index in [1.165, 1.54) is 0 Å². The Morgan fingerprint density at radius 1 is 1.25 bits per heavy atom. The zero-order valence-electron chi connectivity index (χ0n) is 10.1. The molecule has 1 rings (SSSR count). The maximum absolute atomic E-state index is 10.5. The van der Waals surface area contributed by atoms with Crippen LogP contribution in [0.2, 0.25) is 0 Å². The molecule has 0 aromatic rings. The smallest absolute Gasteiger partial charge is 0.211 e. The summed E-state index contributed by atoms with van der Waals surface area (Å²) < 4.78 is 0. The second-order valence-electron chi connectivity index (χ2n) is 5.57. The van der Waals surface area contributed by atoms with Crippen molar-refractivity contribution in [3.63, 3.8) is 0 Å². The molecule has 88 valence electrons. The zero-order chi connectivity index (χ0) is 12.2. The molecule has 0 heterocycles. The lowest BCUT2D eigenvalue weighted by Gasteiger charge is -2.44. The van der Waals surface area contributed by atoms with Gasteiger partial charge in [0.25, 0.3) is 0 Å². The number of isocyanates is 2. The van der Waals surface area contributed by atoms with Gasteiger partial charge in [-0.3, -0.25) is 0 Å². The highest BCUT2D eigenvalue weighted by atomic mass is 16.1. The van der Waals surface area contributed by atoms with Crippen molar-refractivity contribution in [3.8, 4) is 0 Å². The molecule has 4 heteroatoms. The average molecular weight is 222 g/mol. The molecular weight excluding hydrogens is 204 g/mol. The highest BCUT2D eigenvalue weighted by Crippen LogP contribution is 2.46. The van der Waals surface area contributed by atoms with Crippen LogP contribution in [-0.4, -0.2) is 24.2 Å². The van der Waals surface area contributed by atoms with Crippen molar-refractivity contribution < 1.29 is 9.59 Å². The monoisotopic (exact) mass is 222 g/mol. The van der Waals surface area contributed by atoms with E-state index in [2.05, 4.69) is 23.8 Å². The third-order valence-electron chi connectivity index (χ3n) is 3.56. The van der Waals surface area contributed by atoms with Gasteiger partial charge in [0.2, 0.25) is 12.2 Å². The van der Waals surface area contributed by atoms with Crippen molar-refractivity contribution >= 4 is 12.2 Å².